The summed E-state index contributed by atoms with van der Waals surface area (Å²) < 4.78 is 0. The molecule has 0 atom stereocenters. The summed E-state index contributed by atoms with van der Waals surface area (Å²) >= 11 is 1.46. The molecule has 16 heavy (non-hydrogen) atoms. The van der Waals surface area contributed by atoms with Crippen molar-refractivity contribution in [3.63, 3.8) is 0 Å². The first-order valence-electron chi connectivity index (χ1n) is 5.04. The fourth-order valence-corrected chi connectivity index (χ4v) is 1.92. The van der Waals surface area contributed by atoms with Gasteiger partial charge < -0.3 is 16.5 Å². The molecule has 0 radical (unpaired) electrons. The second kappa shape index (κ2) is 6.07. The van der Waals surface area contributed by atoms with E-state index in [-0.39, 0.29) is 0 Å². The fraction of sp³-hybridized carbons (Fsp3) is 0.273. The van der Waals surface area contributed by atoms with Gasteiger partial charge >= 0.3 is 0 Å². The molecule has 1 aromatic heterocycles. The van der Waals surface area contributed by atoms with Gasteiger partial charge in [0, 0.05) is 29.9 Å². The maximum Gasteiger partial charge on any atom is 0.127 e. The van der Waals surface area contributed by atoms with Crippen LogP contribution in [0.25, 0.3) is 11.3 Å². The average molecular weight is 236 g/mol. The maximum atomic E-state index is 7.18. The molecule has 86 valence electrons. The van der Waals surface area contributed by atoms with E-state index < -0.39 is 0 Å². The Morgan fingerprint density at radius 1 is 1.75 bits per heavy atom. The van der Waals surface area contributed by atoms with E-state index in [0.717, 1.165) is 29.4 Å². The first kappa shape index (κ1) is 12.4. The van der Waals surface area contributed by atoms with Crippen molar-refractivity contribution in [2.24, 2.45) is 5.73 Å². The summed E-state index contributed by atoms with van der Waals surface area (Å²) in [5.74, 6) is 0. The fourth-order valence-electron chi connectivity index (χ4n) is 1.09. The van der Waals surface area contributed by atoms with Crippen LogP contribution in [-0.4, -0.2) is 17.7 Å². The number of hydrogen-bond acceptors (Lipinski definition) is 5. The maximum absolute atomic E-state index is 7.18. The van der Waals surface area contributed by atoms with Crippen molar-refractivity contribution in [1.29, 1.82) is 5.41 Å². The van der Waals surface area contributed by atoms with Gasteiger partial charge in [0.1, 0.15) is 5.01 Å². The molecule has 0 aliphatic heterocycles. The van der Waals surface area contributed by atoms with E-state index in [1.165, 1.54) is 23.8 Å². The Labute approximate surface area is 99.4 Å². The largest absolute Gasteiger partial charge is 0.404 e. The summed E-state index contributed by atoms with van der Waals surface area (Å²) in [6.07, 6.45) is 3.63. The molecule has 0 spiro atoms. The van der Waals surface area contributed by atoms with Crippen LogP contribution in [0, 0.1) is 5.41 Å². The highest BCUT2D eigenvalue weighted by atomic mass is 32.1. The van der Waals surface area contributed by atoms with Crippen LogP contribution in [0.2, 0.25) is 0 Å². The smallest absolute Gasteiger partial charge is 0.127 e. The molecular formula is C11H16N4S. The number of allylic oxidation sites excluding steroid dienone is 1. The lowest BCUT2D eigenvalue weighted by Gasteiger charge is -2.04. The van der Waals surface area contributed by atoms with Crippen molar-refractivity contribution in [2.45, 2.75) is 13.3 Å². The summed E-state index contributed by atoms with van der Waals surface area (Å²) in [5, 5.41) is 13.0. The minimum absolute atomic E-state index is 0.625. The lowest BCUT2D eigenvalue weighted by atomic mass is 10.3. The molecule has 4 nitrogen and oxygen atoms in total. The van der Waals surface area contributed by atoms with Gasteiger partial charge in [-0.15, -0.1) is 11.3 Å². The van der Waals surface area contributed by atoms with Crippen LogP contribution in [-0.2, 0) is 0 Å². The van der Waals surface area contributed by atoms with Crippen LogP contribution >= 0.6 is 11.3 Å². The summed E-state index contributed by atoms with van der Waals surface area (Å²) in [6.45, 7) is 6.89. The third-order valence-electron chi connectivity index (χ3n) is 1.98. The van der Waals surface area contributed by atoms with Crippen molar-refractivity contribution >= 4 is 28.8 Å². The molecule has 0 aromatic carbocycles. The molecule has 1 rings (SSSR count). The standard InChI is InChI=1S/C11H16N4S/c1-3-4-14-8(2)10-7-16-11(15-10)9(5-12)6-13/h5-7,12,14H,2-4,13H2,1H3/b9-6+,12-5?. The number of nitrogens with zero attached hydrogens (tertiary/aromatic N) is 1. The topological polar surface area (TPSA) is 74.8 Å². The molecule has 0 saturated carbocycles. The SMILES string of the molecule is C=C(NCCC)c1csc(/C(C=N)=C/N)n1. The summed E-state index contributed by atoms with van der Waals surface area (Å²) in [4.78, 5) is 4.36. The minimum atomic E-state index is 0.625. The highest BCUT2D eigenvalue weighted by Crippen LogP contribution is 2.20. The number of thiazole rings is 1. The molecular weight excluding hydrogens is 220 g/mol. The predicted octanol–water partition coefficient (Wildman–Crippen LogP) is 2.06. The quantitative estimate of drug-likeness (QED) is 0.662. The molecule has 0 aliphatic rings. The second-order valence-electron chi connectivity index (χ2n) is 3.21. The normalized spacial score (nSPS) is 11.2. The van der Waals surface area contributed by atoms with Crippen LogP contribution in [0.5, 0.6) is 0 Å². The molecule has 1 aromatic rings. The first-order chi connectivity index (χ1) is 7.72. The Kier molecular flexibility index (Phi) is 4.72. The third-order valence-corrected chi connectivity index (χ3v) is 2.88. The van der Waals surface area contributed by atoms with Gasteiger partial charge in [-0.2, -0.15) is 0 Å². The third kappa shape index (κ3) is 2.93. The average Bonchev–Trinajstić information content (AvgIpc) is 2.77. The van der Waals surface area contributed by atoms with Crippen molar-refractivity contribution < 1.29 is 0 Å². The Bertz CT molecular complexity index is 406. The minimum Gasteiger partial charge on any atom is -0.404 e. The zero-order valence-electron chi connectivity index (χ0n) is 9.29. The molecule has 0 amide bonds. The first-order valence-corrected chi connectivity index (χ1v) is 5.92. The van der Waals surface area contributed by atoms with Crippen molar-refractivity contribution in [3.05, 3.63) is 28.9 Å². The van der Waals surface area contributed by atoms with E-state index in [0.29, 0.717) is 5.57 Å². The molecule has 0 fully saturated rings. The van der Waals surface area contributed by atoms with Crippen LogP contribution in [0.3, 0.4) is 0 Å². The molecule has 0 aliphatic carbocycles. The van der Waals surface area contributed by atoms with Crippen LogP contribution < -0.4 is 11.1 Å². The Balaban J connectivity index is 2.78. The van der Waals surface area contributed by atoms with Gasteiger partial charge in [0.05, 0.1) is 11.4 Å². The predicted molar refractivity (Wildman–Crippen MR) is 70.4 cm³/mol. The Hall–Kier alpha value is -1.62. The highest BCUT2D eigenvalue weighted by molar-refractivity contribution is 7.11. The van der Waals surface area contributed by atoms with E-state index in [1.54, 1.807) is 0 Å². The Morgan fingerprint density at radius 3 is 3.06 bits per heavy atom. The lowest BCUT2D eigenvalue weighted by Crippen LogP contribution is -2.12. The van der Waals surface area contributed by atoms with Gasteiger partial charge in [-0.3, -0.25) is 0 Å². The van der Waals surface area contributed by atoms with Gasteiger partial charge in [-0.1, -0.05) is 13.5 Å². The van der Waals surface area contributed by atoms with E-state index in [9.17, 15) is 0 Å². The van der Waals surface area contributed by atoms with Gasteiger partial charge in [0.25, 0.3) is 0 Å². The van der Waals surface area contributed by atoms with E-state index >= 15 is 0 Å². The van der Waals surface area contributed by atoms with Crippen LogP contribution in [0.15, 0.2) is 18.2 Å². The van der Waals surface area contributed by atoms with Gasteiger partial charge in [-0.05, 0) is 6.42 Å². The van der Waals surface area contributed by atoms with Gasteiger partial charge in [0.2, 0.25) is 0 Å². The molecule has 0 saturated heterocycles. The van der Waals surface area contributed by atoms with E-state index in [4.69, 9.17) is 11.1 Å². The number of rotatable bonds is 6. The summed E-state index contributed by atoms with van der Waals surface area (Å²) in [6, 6.07) is 0. The van der Waals surface area contributed by atoms with Crippen molar-refractivity contribution in [2.75, 3.05) is 6.54 Å². The zero-order chi connectivity index (χ0) is 12.0. The zero-order valence-corrected chi connectivity index (χ0v) is 10.1. The summed E-state index contributed by atoms with van der Waals surface area (Å²) in [7, 11) is 0. The summed E-state index contributed by atoms with van der Waals surface area (Å²) in [5.41, 5.74) is 7.65. The van der Waals surface area contributed by atoms with Crippen LogP contribution in [0.4, 0.5) is 0 Å². The molecule has 5 heteroatoms. The second-order valence-corrected chi connectivity index (χ2v) is 4.07. The number of aromatic nitrogens is 1. The number of hydrogen-bond donors (Lipinski definition) is 3. The lowest BCUT2D eigenvalue weighted by molar-refractivity contribution is 0.822. The number of nitrogens with one attached hydrogen (secondary N) is 2. The van der Waals surface area contributed by atoms with E-state index in [1.807, 2.05) is 5.38 Å². The van der Waals surface area contributed by atoms with Gasteiger partial charge in [-0.25, -0.2) is 4.98 Å². The number of nitrogens with two attached hydrogens (primary N) is 1. The van der Waals surface area contributed by atoms with Crippen molar-refractivity contribution in [1.82, 2.24) is 10.3 Å². The van der Waals surface area contributed by atoms with Gasteiger partial charge in [0.15, 0.2) is 0 Å². The Morgan fingerprint density at radius 2 is 2.50 bits per heavy atom. The highest BCUT2D eigenvalue weighted by Gasteiger charge is 2.07. The molecule has 0 unspecified atom stereocenters. The van der Waals surface area contributed by atoms with Crippen LogP contribution in [0.1, 0.15) is 24.0 Å². The monoisotopic (exact) mass is 236 g/mol. The van der Waals surface area contributed by atoms with Crippen molar-refractivity contribution in [3.8, 4) is 0 Å². The molecule has 0 bridgehead atoms. The van der Waals surface area contributed by atoms with E-state index in [2.05, 4.69) is 23.8 Å². The molecule has 4 N–H and O–H groups in total. The molecule has 1 heterocycles.